The number of benzene rings is 1. The molecule has 0 fully saturated rings. The highest BCUT2D eigenvalue weighted by molar-refractivity contribution is 5.95. The molecule has 0 aliphatic heterocycles. The first kappa shape index (κ1) is 31.7. The Labute approximate surface area is 220 Å². The summed E-state index contributed by atoms with van der Waals surface area (Å²) >= 11 is 0. The van der Waals surface area contributed by atoms with Crippen LogP contribution in [-0.4, -0.2) is 57.5 Å². The van der Waals surface area contributed by atoms with Gasteiger partial charge in [-0.1, -0.05) is 38.0 Å². The molecule has 0 saturated heterocycles. The highest BCUT2D eigenvalue weighted by Gasteiger charge is 2.38. The summed E-state index contributed by atoms with van der Waals surface area (Å²) in [5, 5.41) is 16.2. The Kier molecular flexibility index (Phi) is 11.4. The molecule has 0 heterocycles. The second-order valence-electron chi connectivity index (χ2n) is 11.3. The van der Waals surface area contributed by atoms with Gasteiger partial charge in [-0.15, -0.1) is 0 Å². The topological polar surface area (TPSA) is 151 Å². The quantitative estimate of drug-likeness (QED) is 0.328. The molecule has 1 rings (SSSR count). The second kappa shape index (κ2) is 13.3. The predicted molar refractivity (Wildman–Crippen MR) is 142 cm³/mol. The van der Waals surface area contributed by atoms with Crippen molar-refractivity contribution in [3.63, 3.8) is 0 Å². The van der Waals surface area contributed by atoms with Crippen LogP contribution in [-0.2, 0) is 19.1 Å². The van der Waals surface area contributed by atoms with Crippen molar-refractivity contribution in [3.05, 3.63) is 29.3 Å². The lowest BCUT2D eigenvalue weighted by Crippen LogP contribution is -2.55. The van der Waals surface area contributed by atoms with Gasteiger partial charge in [0.15, 0.2) is 0 Å². The molecule has 5 N–H and O–H groups in total. The maximum Gasteiger partial charge on any atom is 0.408 e. The van der Waals surface area contributed by atoms with Gasteiger partial charge in [-0.25, -0.2) is 4.79 Å². The molecule has 1 aromatic rings. The van der Waals surface area contributed by atoms with Crippen LogP contribution >= 0.6 is 0 Å². The molecule has 0 bridgehead atoms. The van der Waals surface area contributed by atoms with Crippen molar-refractivity contribution in [2.45, 2.75) is 104 Å². The minimum absolute atomic E-state index is 0.114. The zero-order valence-electron chi connectivity index (χ0n) is 23.4. The Bertz CT molecular complexity index is 965. The molecule has 0 spiro atoms. The number of nitrogens with two attached hydrogens (primary N) is 1. The lowest BCUT2D eigenvalue weighted by molar-refractivity contribution is -0.144. The molecule has 1 aromatic carbocycles. The Morgan fingerprint density at radius 1 is 1.08 bits per heavy atom. The molecule has 4 amide bonds. The molecule has 208 valence electrons. The number of rotatable bonds is 11. The largest absolute Gasteiger partial charge is 0.507 e. The number of carbonyl (C=O) groups excluding carboxylic acids is 4. The van der Waals surface area contributed by atoms with Crippen molar-refractivity contribution in [2.24, 2.45) is 5.73 Å². The van der Waals surface area contributed by atoms with E-state index < -0.39 is 53.5 Å². The third-order valence-corrected chi connectivity index (χ3v) is 5.30. The minimum Gasteiger partial charge on any atom is -0.507 e. The number of nitrogens with one attached hydrogen (secondary N) is 2. The zero-order valence-corrected chi connectivity index (χ0v) is 23.4. The van der Waals surface area contributed by atoms with Gasteiger partial charge in [0.05, 0.1) is 6.42 Å². The lowest BCUT2D eigenvalue weighted by atomic mass is 9.97. The van der Waals surface area contributed by atoms with Gasteiger partial charge in [-0.3, -0.25) is 14.4 Å². The van der Waals surface area contributed by atoms with E-state index >= 15 is 0 Å². The number of hydrogen-bond donors (Lipinski definition) is 4. The maximum atomic E-state index is 13.9. The van der Waals surface area contributed by atoms with Gasteiger partial charge >= 0.3 is 6.09 Å². The van der Waals surface area contributed by atoms with Crippen molar-refractivity contribution in [1.29, 1.82) is 0 Å². The summed E-state index contributed by atoms with van der Waals surface area (Å²) in [6.45, 7) is 14.3. The Morgan fingerprint density at radius 3 is 2.22 bits per heavy atom. The highest BCUT2D eigenvalue weighted by atomic mass is 16.6. The minimum atomic E-state index is -1.37. The molecule has 10 heteroatoms. The lowest BCUT2D eigenvalue weighted by Gasteiger charge is -2.36. The molecule has 0 aromatic heterocycles. The summed E-state index contributed by atoms with van der Waals surface area (Å²) in [5.74, 6) is -2.11. The van der Waals surface area contributed by atoms with Crippen LogP contribution in [0, 0.1) is 6.92 Å². The predicted octanol–water partition coefficient (Wildman–Crippen LogP) is 3.44. The summed E-state index contributed by atoms with van der Waals surface area (Å²) < 4.78 is 5.28. The van der Waals surface area contributed by atoms with Gasteiger partial charge < -0.3 is 31.1 Å². The van der Waals surface area contributed by atoms with Gasteiger partial charge in [0.2, 0.25) is 17.7 Å². The van der Waals surface area contributed by atoms with Gasteiger partial charge in [0.1, 0.15) is 23.4 Å². The van der Waals surface area contributed by atoms with Crippen molar-refractivity contribution in [2.75, 3.05) is 6.54 Å². The number of amides is 4. The van der Waals surface area contributed by atoms with E-state index in [4.69, 9.17) is 10.5 Å². The zero-order chi connectivity index (χ0) is 28.6. The molecule has 0 saturated carbocycles. The van der Waals surface area contributed by atoms with E-state index in [1.54, 1.807) is 66.7 Å². The number of phenolic OH excluding ortho intramolecular Hbond substituents is 1. The highest BCUT2D eigenvalue weighted by Crippen LogP contribution is 2.33. The van der Waals surface area contributed by atoms with Gasteiger partial charge in [-0.2, -0.15) is 0 Å². The van der Waals surface area contributed by atoms with Crippen molar-refractivity contribution < 1.29 is 29.0 Å². The van der Waals surface area contributed by atoms with Crippen LogP contribution in [0.2, 0.25) is 0 Å². The average molecular weight is 521 g/mol. The van der Waals surface area contributed by atoms with Crippen molar-refractivity contribution in [1.82, 2.24) is 15.5 Å². The number of hydrogen-bond acceptors (Lipinski definition) is 6. The van der Waals surface area contributed by atoms with Gasteiger partial charge in [0.25, 0.3) is 0 Å². The first-order valence-corrected chi connectivity index (χ1v) is 12.7. The third-order valence-electron chi connectivity index (χ3n) is 5.30. The van der Waals surface area contributed by atoms with E-state index in [-0.39, 0.29) is 17.9 Å². The molecule has 0 aliphatic carbocycles. The Hall–Kier alpha value is -3.30. The van der Waals surface area contributed by atoms with Crippen LogP contribution in [0.1, 0.15) is 91.3 Å². The van der Waals surface area contributed by atoms with Crippen LogP contribution in [0.3, 0.4) is 0 Å². The van der Waals surface area contributed by atoms with Gasteiger partial charge in [-0.05, 0) is 60.5 Å². The van der Waals surface area contributed by atoms with E-state index in [9.17, 15) is 24.3 Å². The van der Waals surface area contributed by atoms with E-state index in [1.807, 2.05) is 6.92 Å². The summed E-state index contributed by atoms with van der Waals surface area (Å²) in [7, 11) is 0. The smallest absolute Gasteiger partial charge is 0.408 e. The second-order valence-corrected chi connectivity index (χ2v) is 11.3. The van der Waals surface area contributed by atoms with E-state index in [1.165, 1.54) is 4.90 Å². The summed E-state index contributed by atoms with van der Waals surface area (Å²) in [4.78, 5) is 53.3. The molecule has 2 atom stereocenters. The monoisotopic (exact) mass is 520 g/mol. The fourth-order valence-electron chi connectivity index (χ4n) is 3.74. The Morgan fingerprint density at radius 2 is 1.70 bits per heavy atom. The number of nitrogens with zero attached hydrogens (tertiary/aromatic N) is 1. The summed E-state index contributed by atoms with van der Waals surface area (Å²) in [6, 6.07) is 2.38. The normalized spacial score (nSPS) is 13.3. The van der Waals surface area contributed by atoms with Crippen LogP contribution in [0.15, 0.2) is 18.2 Å². The molecule has 0 aliphatic rings. The number of carbonyl (C=O) groups is 4. The fourth-order valence-corrected chi connectivity index (χ4v) is 3.74. The van der Waals surface area contributed by atoms with E-state index in [0.717, 1.165) is 12.8 Å². The molecular weight excluding hydrogens is 476 g/mol. The molecule has 37 heavy (non-hydrogen) atoms. The number of ether oxygens (including phenoxy) is 1. The number of unbranched alkanes of at least 4 members (excludes halogenated alkanes) is 2. The van der Waals surface area contributed by atoms with Gasteiger partial charge in [0, 0.05) is 17.6 Å². The van der Waals surface area contributed by atoms with Crippen LogP contribution in [0.25, 0.3) is 0 Å². The number of para-hydroxylation sites is 1. The van der Waals surface area contributed by atoms with Crippen molar-refractivity contribution >= 4 is 23.8 Å². The third kappa shape index (κ3) is 10.7. The van der Waals surface area contributed by atoms with E-state index in [0.29, 0.717) is 12.0 Å². The standard InChI is InChI=1S/C27H44N4O6/c1-9-10-11-15-31(24(35)19(16-20(28)32)29-25(36)37-27(6,7)8)21(23(34)30-26(3,4)5)18-14-12-13-17(2)22(18)33/h12-14,19,21,33H,9-11,15-16H2,1-8H3,(H2,28,32)(H,29,36)(H,30,34). The fraction of sp³-hybridized carbons (Fsp3) is 0.630. The summed E-state index contributed by atoms with van der Waals surface area (Å²) in [5.41, 5.74) is 4.71. The molecular formula is C27H44N4O6. The molecule has 0 radical (unpaired) electrons. The summed E-state index contributed by atoms with van der Waals surface area (Å²) in [6.07, 6.45) is 0.809. The first-order chi connectivity index (χ1) is 17.0. The van der Waals surface area contributed by atoms with Crippen LogP contribution in [0.4, 0.5) is 4.79 Å². The molecule has 10 nitrogen and oxygen atoms in total. The SMILES string of the molecule is CCCCCN(C(=O)C(CC(N)=O)NC(=O)OC(C)(C)C)C(C(=O)NC(C)(C)C)c1cccc(C)c1O. The number of aryl methyl sites for hydroxylation is 1. The number of aromatic hydroxyl groups is 1. The van der Waals surface area contributed by atoms with Crippen LogP contribution in [0.5, 0.6) is 5.75 Å². The molecule has 2 unspecified atom stereocenters. The average Bonchev–Trinajstić information content (AvgIpc) is 2.72. The van der Waals surface area contributed by atoms with Crippen molar-refractivity contribution in [3.8, 4) is 5.75 Å². The maximum absolute atomic E-state index is 13.9. The number of phenols is 1. The first-order valence-electron chi connectivity index (χ1n) is 12.7. The van der Waals surface area contributed by atoms with E-state index in [2.05, 4.69) is 10.6 Å². The number of primary amides is 1. The Balaban J connectivity index is 3.62. The van der Waals surface area contributed by atoms with Crippen LogP contribution < -0.4 is 16.4 Å². The number of alkyl carbamates (subject to hydrolysis) is 1.